The van der Waals surface area contributed by atoms with Crippen LogP contribution in [0.15, 0.2) is 0 Å². The summed E-state index contributed by atoms with van der Waals surface area (Å²) in [6.45, 7) is 1.87. The minimum absolute atomic E-state index is 0.367. The van der Waals surface area contributed by atoms with Crippen molar-refractivity contribution >= 4 is 6.16 Å². The van der Waals surface area contributed by atoms with E-state index in [-0.39, 0.29) is 0 Å². The van der Waals surface area contributed by atoms with Gasteiger partial charge in [-0.05, 0) is 6.42 Å². The van der Waals surface area contributed by atoms with Crippen molar-refractivity contribution in [1.82, 2.24) is 0 Å². The Balaban J connectivity index is 4.23. The quantitative estimate of drug-likeness (QED) is 0.509. The van der Waals surface area contributed by atoms with Crippen LogP contribution >= 0.6 is 0 Å². The lowest BCUT2D eigenvalue weighted by molar-refractivity contribution is -0.342. The monoisotopic (exact) mass is 178 g/mol. The van der Waals surface area contributed by atoms with E-state index in [4.69, 9.17) is 14.6 Å². The van der Waals surface area contributed by atoms with E-state index in [0.29, 0.717) is 12.8 Å². The molecule has 0 unspecified atom stereocenters. The van der Waals surface area contributed by atoms with Crippen molar-refractivity contribution < 1.29 is 24.1 Å². The normalized spacial score (nSPS) is 11.2. The van der Waals surface area contributed by atoms with Crippen LogP contribution in [0.1, 0.15) is 19.8 Å². The Bertz CT molecular complexity index is 141. The van der Waals surface area contributed by atoms with Crippen molar-refractivity contribution in [3.05, 3.63) is 0 Å². The molecule has 0 heterocycles. The molecule has 0 aliphatic heterocycles. The number of ether oxygens (including phenoxy) is 3. The number of hydrogen-bond donors (Lipinski definition) is 1. The molecular formula is C7H14O5. The second kappa shape index (κ2) is 4.95. The molecule has 0 rings (SSSR count). The van der Waals surface area contributed by atoms with Crippen molar-refractivity contribution in [2.24, 2.45) is 0 Å². The Morgan fingerprint density at radius 2 is 1.92 bits per heavy atom. The van der Waals surface area contributed by atoms with E-state index >= 15 is 0 Å². The van der Waals surface area contributed by atoms with Crippen LogP contribution in [0.4, 0.5) is 4.79 Å². The number of methoxy groups -OCH3 is 2. The lowest BCUT2D eigenvalue weighted by Crippen LogP contribution is -2.38. The molecule has 0 saturated carbocycles. The molecule has 5 nitrogen and oxygen atoms in total. The predicted molar refractivity (Wildman–Crippen MR) is 40.8 cm³/mol. The zero-order valence-electron chi connectivity index (χ0n) is 7.49. The van der Waals surface area contributed by atoms with Gasteiger partial charge in [-0.1, -0.05) is 6.92 Å². The van der Waals surface area contributed by atoms with Gasteiger partial charge in [0.05, 0.1) is 0 Å². The third-order valence-electron chi connectivity index (χ3n) is 1.42. The predicted octanol–water partition coefficient (Wildman–Crippen LogP) is 1.43. The SMILES string of the molecule is CCCC(OC)(OC)OC(=O)O. The summed E-state index contributed by atoms with van der Waals surface area (Å²) >= 11 is 0. The maximum absolute atomic E-state index is 10.2. The number of carboxylic acid groups (broad SMARTS) is 1. The van der Waals surface area contributed by atoms with Crippen molar-refractivity contribution in [3.8, 4) is 0 Å². The molecule has 0 radical (unpaired) electrons. The highest BCUT2D eigenvalue weighted by molar-refractivity contribution is 5.57. The lowest BCUT2D eigenvalue weighted by Gasteiger charge is -2.27. The maximum atomic E-state index is 10.2. The number of carbonyl (C=O) groups is 1. The molecule has 5 heteroatoms. The highest BCUT2D eigenvalue weighted by Gasteiger charge is 2.33. The summed E-state index contributed by atoms with van der Waals surface area (Å²) in [6.07, 6.45) is -0.339. The summed E-state index contributed by atoms with van der Waals surface area (Å²) in [5, 5.41) is 8.36. The zero-order chi connectivity index (χ0) is 9.61. The second-order valence-corrected chi connectivity index (χ2v) is 2.21. The Hall–Kier alpha value is -0.810. The fraction of sp³-hybridized carbons (Fsp3) is 0.857. The molecule has 0 atom stereocenters. The average molecular weight is 178 g/mol. The molecule has 0 aromatic heterocycles. The van der Waals surface area contributed by atoms with Crippen LogP contribution in [0.5, 0.6) is 0 Å². The van der Waals surface area contributed by atoms with Gasteiger partial charge in [0.1, 0.15) is 0 Å². The maximum Gasteiger partial charge on any atom is 0.510 e. The van der Waals surface area contributed by atoms with Crippen molar-refractivity contribution in [2.45, 2.75) is 25.7 Å². The van der Waals surface area contributed by atoms with Gasteiger partial charge in [0.25, 0.3) is 0 Å². The smallest absolute Gasteiger partial charge is 0.450 e. The number of rotatable bonds is 5. The summed E-state index contributed by atoms with van der Waals surface area (Å²) in [5.41, 5.74) is 0. The molecule has 0 aliphatic rings. The van der Waals surface area contributed by atoms with E-state index in [9.17, 15) is 4.79 Å². The highest BCUT2D eigenvalue weighted by Crippen LogP contribution is 2.19. The van der Waals surface area contributed by atoms with Gasteiger partial charge in [-0.3, -0.25) is 0 Å². The Kier molecular flexibility index (Phi) is 4.61. The molecule has 0 saturated heterocycles. The van der Waals surface area contributed by atoms with E-state index in [1.165, 1.54) is 14.2 Å². The van der Waals surface area contributed by atoms with Gasteiger partial charge in [0, 0.05) is 20.6 Å². The van der Waals surface area contributed by atoms with Gasteiger partial charge in [-0.2, -0.15) is 0 Å². The molecule has 0 spiro atoms. The van der Waals surface area contributed by atoms with Gasteiger partial charge < -0.3 is 19.3 Å². The molecule has 0 aromatic rings. The summed E-state index contributed by atoms with van der Waals surface area (Å²) in [6, 6.07) is 0. The fourth-order valence-corrected chi connectivity index (χ4v) is 0.861. The molecule has 0 bridgehead atoms. The van der Waals surface area contributed by atoms with Gasteiger partial charge >= 0.3 is 12.1 Å². The summed E-state index contributed by atoms with van der Waals surface area (Å²) in [4.78, 5) is 10.2. The minimum Gasteiger partial charge on any atom is -0.450 e. The largest absolute Gasteiger partial charge is 0.510 e. The van der Waals surface area contributed by atoms with Gasteiger partial charge in [-0.25, -0.2) is 4.79 Å². The van der Waals surface area contributed by atoms with Crippen molar-refractivity contribution in [2.75, 3.05) is 14.2 Å². The first-order valence-electron chi connectivity index (χ1n) is 3.62. The molecule has 0 aromatic carbocycles. The summed E-state index contributed by atoms with van der Waals surface area (Å²) in [7, 11) is 2.67. The minimum atomic E-state index is -1.44. The van der Waals surface area contributed by atoms with Gasteiger partial charge in [0.2, 0.25) is 0 Å². The topological polar surface area (TPSA) is 65.0 Å². The highest BCUT2D eigenvalue weighted by atomic mass is 16.9. The molecule has 1 N–H and O–H groups in total. The first kappa shape index (κ1) is 11.2. The van der Waals surface area contributed by atoms with Crippen LogP contribution < -0.4 is 0 Å². The van der Waals surface area contributed by atoms with E-state index < -0.39 is 12.1 Å². The Labute approximate surface area is 71.2 Å². The van der Waals surface area contributed by atoms with Crippen LogP contribution in [0.2, 0.25) is 0 Å². The third-order valence-corrected chi connectivity index (χ3v) is 1.42. The Morgan fingerprint density at radius 3 is 2.17 bits per heavy atom. The Morgan fingerprint density at radius 1 is 1.42 bits per heavy atom. The second-order valence-electron chi connectivity index (χ2n) is 2.21. The van der Waals surface area contributed by atoms with E-state index in [2.05, 4.69) is 4.74 Å². The van der Waals surface area contributed by atoms with Crippen LogP contribution in [0, 0.1) is 0 Å². The van der Waals surface area contributed by atoms with Crippen LogP contribution in [-0.4, -0.2) is 31.5 Å². The van der Waals surface area contributed by atoms with Gasteiger partial charge in [0.15, 0.2) is 0 Å². The lowest BCUT2D eigenvalue weighted by atomic mass is 10.3. The first-order valence-corrected chi connectivity index (χ1v) is 3.62. The van der Waals surface area contributed by atoms with Crippen LogP contribution in [0.25, 0.3) is 0 Å². The average Bonchev–Trinajstić information content (AvgIpc) is 2.03. The molecule has 12 heavy (non-hydrogen) atoms. The summed E-state index contributed by atoms with van der Waals surface area (Å²) < 4.78 is 14.1. The first-order chi connectivity index (χ1) is 5.60. The van der Waals surface area contributed by atoms with Crippen LogP contribution in [-0.2, 0) is 14.2 Å². The number of hydrogen-bond acceptors (Lipinski definition) is 4. The van der Waals surface area contributed by atoms with Crippen molar-refractivity contribution in [3.63, 3.8) is 0 Å². The van der Waals surface area contributed by atoms with Crippen LogP contribution in [0.3, 0.4) is 0 Å². The molecular weight excluding hydrogens is 164 g/mol. The fourth-order valence-electron chi connectivity index (χ4n) is 0.861. The van der Waals surface area contributed by atoms with Crippen molar-refractivity contribution in [1.29, 1.82) is 0 Å². The molecule has 0 fully saturated rings. The standard InChI is InChI=1S/C7H14O5/c1-4-5-7(10-2,11-3)12-6(8)9/h4-5H2,1-3H3,(H,8,9). The van der Waals surface area contributed by atoms with E-state index in [1.807, 2.05) is 6.92 Å². The van der Waals surface area contributed by atoms with Gasteiger partial charge in [-0.15, -0.1) is 0 Å². The molecule has 0 aliphatic carbocycles. The molecule has 72 valence electrons. The third kappa shape index (κ3) is 3.06. The molecule has 0 amide bonds. The summed E-state index contributed by atoms with van der Waals surface area (Å²) in [5.74, 6) is -1.44. The van der Waals surface area contributed by atoms with E-state index in [1.54, 1.807) is 0 Å². The zero-order valence-corrected chi connectivity index (χ0v) is 7.49. The van der Waals surface area contributed by atoms with E-state index in [0.717, 1.165) is 0 Å².